The molecule has 3 aliphatic rings. The average molecular weight is 521 g/mol. The van der Waals surface area contributed by atoms with Gasteiger partial charge in [0.15, 0.2) is 0 Å². The fourth-order valence-electron chi connectivity index (χ4n) is 5.69. The third-order valence-corrected chi connectivity index (χ3v) is 9.11. The van der Waals surface area contributed by atoms with Gasteiger partial charge in [-0.15, -0.1) is 10.2 Å². The molecule has 8 nitrogen and oxygen atoms in total. The Labute approximate surface area is 222 Å². The van der Waals surface area contributed by atoms with Gasteiger partial charge in [0.05, 0.1) is 12.2 Å². The van der Waals surface area contributed by atoms with Gasteiger partial charge in [-0.05, 0) is 50.0 Å². The molecule has 0 bridgehead atoms. The summed E-state index contributed by atoms with van der Waals surface area (Å²) < 4.78 is 6.31. The summed E-state index contributed by atoms with van der Waals surface area (Å²) in [5.74, 6) is 1.23. The largest absolute Gasteiger partial charge is 0.396 e. The third kappa shape index (κ3) is 5.78. The fraction of sp³-hybridized carbons (Fsp3) is 0.571. The molecule has 2 saturated heterocycles. The highest BCUT2D eigenvalue weighted by Crippen LogP contribution is 2.32. The van der Waals surface area contributed by atoms with E-state index in [0.29, 0.717) is 18.1 Å². The van der Waals surface area contributed by atoms with E-state index in [1.807, 2.05) is 12.4 Å². The second-order valence-electron chi connectivity index (χ2n) is 10.6. The van der Waals surface area contributed by atoms with Crippen LogP contribution in [0.1, 0.15) is 51.4 Å². The molecule has 1 N–H and O–H groups in total. The summed E-state index contributed by atoms with van der Waals surface area (Å²) in [5, 5.41) is 20.1. The molecular formula is C28H36N6O2S. The van der Waals surface area contributed by atoms with Crippen LogP contribution in [-0.2, 0) is 4.74 Å². The van der Waals surface area contributed by atoms with Crippen molar-refractivity contribution in [2.45, 2.75) is 63.6 Å². The fourth-order valence-corrected chi connectivity index (χ4v) is 6.60. The Hall–Kier alpha value is -2.62. The van der Waals surface area contributed by atoms with Gasteiger partial charge in [0.25, 0.3) is 0 Å². The number of hydrogen-bond donors (Lipinski definition) is 1. The highest BCUT2D eigenvalue weighted by atomic mass is 32.1. The second-order valence-corrected chi connectivity index (χ2v) is 11.5. The van der Waals surface area contributed by atoms with E-state index in [9.17, 15) is 5.11 Å². The van der Waals surface area contributed by atoms with Crippen molar-refractivity contribution in [3.8, 4) is 21.7 Å². The summed E-state index contributed by atoms with van der Waals surface area (Å²) in [6.07, 6.45) is 14.0. The number of anilines is 2. The molecule has 196 valence electrons. The first-order chi connectivity index (χ1) is 18.2. The van der Waals surface area contributed by atoms with Crippen molar-refractivity contribution in [2.75, 3.05) is 42.6 Å². The van der Waals surface area contributed by atoms with Crippen molar-refractivity contribution >= 4 is 22.4 Å². The predicted octanol–water partition coefficient (Wildman–Crippen LogP) is 4.80. The minimum Gasteiger partial charge on any atom is -0.396 e. The normalized spacial score (nSPS) is 20.1. The van der Waals surface area contributed by atoms with Crippen LogP contribution in [0.15, 0.2) is 36.7 Å². The van der Waals surface area contributed by atoms with Crippen LogP contribution < -0.4 is 9.80 Å². The Morgan fingerprint density at radius 1 is 0.757 bits per heavy atom. The summed E-state index contributed by atoms with van der Waals surface area (Å²) in [5.41, 5.74) is 3.17. The molecule has 6 rings (SSSR count). The first-order valence-corrected chi connectivity index (χ1v) is 14.6. The lowest BCUT2D eigenvalue weighted by atomic mass is 9.98. The minimum atomic E-state index is 0.282. The molecular weight excluding hydrogens is 484 g/mol. The SMILES string of the molecule is OCC1CCN(c2nnc(-c3ccc(-c4cnc(N5CCC(OC6CCCC6)CC5)nc4)cc3)s2)CC1. The zero-order chi connectivity index (χ0) is 25.0. The Morgan fingerprint density at radius 3 is 2.05 bits per heavy atom. The Balaban J connectivity index is 1.04. The molecule has 1 aromatic carbocycles. The van der Waals surface area contributed by atoms with Gasteiger partial charge >= 0.3 is 0 Å². The summed E-state index contributed by atoms with van der Waals surface area (Å²) in [6.45, 7) is 4.05. The highest BCUT2D eigenvalue weighted by molar-refractivity contribution is 7.18. The average Bonchev–Trinajstić information content (AvgIpc) is 3.67. The van der Waals surface area contributed by atoms with Crippen molar-refractivity contribution in [2.24, 2.45) is 5.92 Å². The quantitative estimate of drug-likeness (QED) is 0.475. The van der Waals surface area contributed by atoms with Gasteiger partial charge in [-0.25, -0.2) is 9.97 Å². The van der Waals surface area contributed by atoms with E-state index in [1.165, 1.54) is 25.7 Å². The van der Waals surface area contributed by atoms with E-state index in [-0.39, 0.29) is 6.61 Å². The summed E-state index contributed by atoms with van der Waals surface area (Å²) >= 11 is 1.63. The molecule has 0 radical (unpaired) electrons. The van der Waals surface area contributed by atoms with Gasteiger partial charge < -0.3 is 19.6 Å². The van der Waals surface area contributed by atoms with Crippen LogP contribution in [0.25, 0.3) is 21.7 Å². The first kappa shape index (κ1) is 24.7. The molecule has 1 aliphatic carbocycles. The van der Waals surface area contributed by atoms with Crippen LogP contribution in [0.3, 0.4) is 0 Å². The van der Waals surface area contributed by atoms with E-state index in [0.717, 1.165) is 84.6 Å². The molecule has 2 aliphatic heterocycles. The summed E-state index contributed by atoms with van der Waals surface area (Å²) in [4.78, 5) is 13.9. The van der Waals surface area contributed by atoms with Crippen LogP contribution in [0.4, 0.5) is 11.1 Å². The molecule has 0 unspecified atom stereocenters. The van der Waals surface area contributed by atoms with Crippen molar-refractivity contribution < 1.29 is 9.84 Å². The molecule has 0 amide bonds. The smallest absolute Gasteiger partial charge is 0.225 e. The Morgan fingerprint density at radius 2 is 1.38 bits per heavy atom. The number of rotatable bonds is 7. The van der Waals surface area contributed by atoms with Crippen LogP contribution in [0.5, 0.6) is 0 Å². The van der Waals surface area contributed by atoms with E-state index < -0.39 is 0 Å². The first-order valence-electron chi connectivity index (χ1n) is 13.8. The van der Waals surface area contributed by atoms with Gasteiger partial charge in [0, 0.05) is 56.3 Å². The molecule has 3 aromatic rings. The lowest BCUT2D eigenvalue weighted by molar-refractivity contribution is -0.0195. The molecule has 0 atom stereocenters. The van der Waals surface area contributed by atoms with Gasteiger partial charge in [-0.3, -0.25) is 0 Å². The highest BCUT2D eigenvalue weighted by Gasteiger charge is 2.26. The zero-order valence-corrected chi connectivity index (χ0v) is 22.2. The van der Waals surface area contributed by atoms with E-state index in [2.05, 4.69) is 54.2 Å². The molecule has 2 aromatic heterocycles. The predicted molar refractivity (Wildman–Crippen MR) is 147 cm³/mol. The van der Waals surface area contributed by atoms with Crippen LogP contribution in [-0.4, -0.2) is 70.3 Å². The lowest BCUT2D eigenvalue weighted by Crippen LogP contribution is -2.39. The maximum absolute atomic E-state index is 9.37. The maximum atomic E-state index is 9.37. The summed E-state index contributed by atoms with van der Waals surface area (Å²) in [7, 11) is 0. The second kappa shape index (κ2) is 11.4. The lowest BCUT2D eigenvalue weighted by Gasteiger charge is -2.33. The number of piperidine rings is 2. The molecule has 0 spiro atoms. The number of benzene rings is 1. The topological polar surface area (TPSA) is 87.5 Å². The monoisotopic (exact) mass is 520 g/mol. The van der Waals surface area contributed by atoms with Crippen molar-refractivity contribution in [3.05, 3.63) is 36.7 Å². The van der Waals surface area contributed by atoms with Crippen molar-refractivity contribution in [3.63, 3.8) is 0 Å². The van der Waals surface area contributed by atoms with Crippen LogP contribution >= 0.6 is 11.3 Å². The number of aliphatic hydroxyl groups is 1. The third-order valence-electron chi connectivity index (χ3n) is 8.07. The maximum Gasteiger partial charge on any atom is 0.225 e. The van der Waals surface area contributed by atoms with Gasteiger partial charge in [-0.1, -0.05) is 48.4 Å². The van der Waals surface area contributed by atoms with Crippen LogP contribution in [0.2, 0.25) is 0 Å². The Bertz CT molecular complexity index is 1130. The standard InChI is InChI=1S/C28H36N6O2S/c35-19-20-9-13-34(14-10-20)28-32-31-26(37-28)22-7-5-21(6-8-22)23-17-29-27(30-18-23)33-15-11-25(12-16-33)36-24-3-1-2-4-24/h5-8,17-18,20,24-25,35H,1-4,9-16,19H2. The van der Waals surface area contributed by atoms with Gasteiger partial charge in [-0.2, -0.15) is 0 Å². The number of nitrogens with zero attached hydrogens (tertiary/aromatic N) is 6. The Kier molecular flexibility index (Phi) is 7.62. The molecule has 4 heterocycles. The number of hydrogen-bond acceptors (Lipinski definition) is 9. The van der Waals surface area contributed by atoms with E-state index >= 15 is 0 Å². The van der Waals surface area contributed by atoms with Crippen molar-refractivity contribution in [1.82, 2.24) is 20.2 Å². The van der Waals surface area contributed by atoms with Gasteiger partial charge in [0.1, 0.15) is 5.01 Å². The molecule has 1 saturated carbocycles. The summed E-state index contributed by atoms with van der Waals surface area (Å²) in [6, 6.07) is 8.40. The number of ether oxygens (including phenoxy) is 1. The molecule has 3 fully saturated rings. The number of aromatic nitrogens is 4. The minimum absolute atomic E-state index is 0.282. The molecule has 37 heavy (non-hydrogen) atoms. The number of aliphatic hydroxyl groups excluding tert-OH is 1. The van der Waals surface area contributed by atoms with E-state index in [4.69, 9.17) is 4.74 Å². The van der Waals surface area contributed by atoms with E-state index in [1.54, 1.807) is 11.3 Å². The zero-order valence-electron chi connectivity index (χ0n) is 21.3. The van der Waals surface area contributed by atoms with Crippen molar-refractivity contribution in [1.29, 1.82) is 0 Å². The van der Waals surface area contributed by atoms with Crippen LogP contribution in [0, 0.1) is 5.92 Å². The van der Waals surface area contributed by atoms with Gasteiger partial charge in [0.2, 0.25) is 11.1 Å². The molecule has 9 heteroatoms.